The van der Waals surface area contributed by atoms with E-state index in [1.165, 1.54) is 0 Å². The first-order valence-electron chi connectivity index (χ1n) is 6.61. The topological polar surface area (TPSA) is 72.5 Å². The molecule has 1 rings (SSSR count). The highest BCUT2D eigenvalue weighted by atomic mass is 35.5. The summed E-state index contributed by atoms with van der Waals surface area (Å²) in [5, 5.41) is 10.3. The van der Waals surface area contributed by atoms with Gasteiger partial charge in [0.05, 0.1) is 11.6 Å². The quantitative estimate of drug-likeness (QED) is 0.839. The van der Waals surface area contributed by atoms with Crippen LogP contribution in [0.5, 0.6) is 5.75 Å². The lowest BCUT2D eigenvalue weighted by Crippen LogP contribution is -2.34. The number of ether oxygens (including phenoxy) is 1. The highest BCUT2D eigenvalue weighted by molar-refractivity contribution is 6.32. The first-order chi connectivity index (χ1) is 9.16. The van der Waals surface area contributed by atoms with E-state index in [0.29, 0.717) is 5.56 Å². The molecule has 0 aliphatic heterocycles. The number of rotatable bonds is 4. The van der Waals surface area contributed by atoms with Gasteiger partial charge in [-0.3, -0.25) is 4.79 Å². The lowest BCUT2D eigenvalue weighted by atomic mass is 9.85. The highest BCUT2D eigenvalue weighted by Crippen LogP contribution is 2.34. The van der Waals surface area contributed by atoms with Gasteiger partial charge in [0.1, 0.15) is 11.8 Å². The number of aromatic hydroxyl groups is 1. The van der Waals surface area contributed by atoms with Gasteiger partial charge in [-0.05, 0) is 29.5 Å². The average Bonchev–Trinajstić information content (AvgIpc) is 2.33. The molecule has 20 heavy (non-hydrogen) atoms. The van der Waals surface area contributed by atoms with Crippen molar-refractivity contribution < 1.29 is 14.6 Å². The van der Waals surface area contributed by atoms with Crippen molar-refractivity contribution in [1.29, 1.82) is 0 Å². The van der Waals surface area contributed by atoms with Crippen molar-refractivity contribution in [2.24, 2.45) is 5.73 Å². The molecule has 0 bridgehead atoms. The molecule has 112 valence electrons. The third kappa shape index (κ3) is 4.12. The standard InChI is InChI=1S/C15H22ClNO3/c1-5-20-14(19)12(17)7-9-6-10(15(2,3)4)8-11(16)13(9)18/h6,8,12,18H,5,7,17H2,1-4H3. The molecule has 0 fully saturated rings. The van der Waals surface area contributed by atoms with Gasteiger partial charge in [-0.2, -0.15) is 0 Å². The van der Waals surface area contributed by atoms with E-state index in [1.807, 2.05) is 26.8 Å². The fourth-order valence-corrected chi connectivity index (χ4v) is 2.05. The molecule has 1 aromatic carbocycles. The van der Waals surface area contributed by atoms with Crippen LogP contribution in [0.2, 0.25) is 5.02 Å². The second kappa shape index (κ2) is 6.46. The SMILES string of the molecule is CCOC(=O)C(N)Cc1cc(C(C)(C)C)cc(Cl)c1O. The molecule has 0 amide bonds. The van der Waals surface area contributed by atoms with Gasteiger partial charge in [0.2, 0.25) is 0 Å². The zero-order valence-electron chi connectivity index (χ0n) is 12.4. The Bertz CT molecular complexity index is 495. The molecule has 1 unspecified atom stereocenters. The molecule has 0 aliphatic rings. The summed E-state index contributed by atoms with van der Waals surface area (Å²) >= 11 is 6.04. The van der Waals surface area contributed by atoms with Gasteiger partial charge >= 0.3 is 5.97 Å². The monoisotopic (exact) mass is 299 g/mol. The van der Waals surface area contributed by atoms with Gasteiger partial charge in [-0.1, -0.05) is 38.4 Å². The van der Waals surface area contributed by atoms with Gasteiger partial charge in [0.15, 0.2) is 0 Å². The fourth-order valence-electron chi connectivity index (χ4n) is 1.81. The minimum atomic E-state index is -0.813. The van der Waals surface area contributed by atoms with Crippen LogP contribution >= 0.6 is 11.6 Å². The number of halogens is 1. The maximum Gasteiger partial charge on any atom is 0.323 e. The Morgan fingerprint density at radius 1 is 1.45 bits per heavy atom. The number of phenols is 1. The number of esters is 1. The van der Waals surface area contributed by atoms with Gasteiger partial charge < -0.3 is 15.6 Å². The second-order valence-corrected chi connectivity index (χ2v) is 6.19. The van der Waals surface area contributed by atoms with E-state index in [2.05, 4.69) is 0 Å². The Hall–Kier alpha value is -1.26. The van der Waals surface area contributed by atoms with Crippen LogP contribution < -0.4 is 5.73 Å². The van der Waals surface area contributed by atoms with Crippen molar-refractivity contribution in [2.75, 3.05) is 6.61 Å². The fraction of sp³-hybridized carbons (Fsp3) is 0.533. The number of hydrogen-bond donors (Lipinski definition) is 2. The molecular formula is C15H22ClNO3. The molecule has 0 saturated carbocycles. The van der Waals surface area contributed by atoms with Crippen molar-refractivity contribution in [1.82, 2.24) is 0 Å². The highest BCUT2D eigenvalue weighted by Gasteiger charge is 2.22. The summed E-state index contributed by atoms with van der Waals surface area (Å²) in [6.07, 6.45) is 0.189. The summed E-state index contributed by atoms with van der Waals surface area (Å²) in [6, 6.07) is 2.75. The van der Waals surface area contributed by atoms with E-state index < -0.39 is 12.0 Å². The zero-order chi connectivity index (χ0) is 15.5. The largest absolute Gasteiger partial charge is 0.506 e. The number of hydrogen-bond acceptors (Lipinski definition) is 4. The summed E-state index contributed by atoms with van der Waals surface area (Å²) in [7, 11) is 0. The summed E-state index contributed by atoms with van der Waals surface area (Å²) < 4.78 is 4.86. The summed E-state index contributed by atoms with van der Waals surface area (Å²) in [6.45, 7) is 8.14. The lowest BCUT2D eigenvalue weighted by Gasteiger charge is -2.22. The van der Waals surface area contributed by atoms with Crippen molar-refractivity contribution in [2.45, 2.75) is 45.6 Å². The molecule has 0 spiro atoms. The molecule has 0 radical (unpaired) electrons. The lowest BCUT2D eigenvalue weighted by molar-refractivity contribution is -0.144. The normalized spacial score (nSPS) is 13.1. The predicted molar refractivity (Wildman–Crippen MR) is 80.1 cm³/mol. The van der Waals surface area contributed by atoms with Crippen LogP contribution in [-0.2, 0) is 21.4 Å². The van der Waals surface area contributed by atoms with Crippen molar-refractivity contribution in [3.63, 3.8) is 0 Å². The Balaban J connectivity index is 3.06. The minimum absolute atomic E-state index is 0.0283. The van der Waals surface area contributed by atoms with Crippen molar-refractivity contribution >= 4 is 17.6 Å². The molecule has 1 aromatic rings. The molecule has 5 heteroatoms. The van der Waals surface area contributed by atoms with E-state index in [9.17, 15) is 9.90 Å². The van der Waals surface area contributed by atoms with Crippen molar-refractivity contribution in [3.05, 3.63) is 28.3 Å². The first kappa shape index (κ1) is 16.8. The van der Waals surface area contributed by atoms with Crippen LogP contribution in [0.25, 0.3) is 0 Å². The maximum absolute atomic E-state index is 11.6. The molecule has 3 N–H and O–H groups in total. The van der Waals surface area contributed by atoms with E-state index in [4.69, 9.17) is 22.1 Å². The summed E-state index contributed by atoms with van der Waals surface area (Å²) in [4.78, 5) is 11.6. The van der Waals surface area contributed by atoms with Gasteiger partial charge in [-0.25, -0.2) is 0 Å². The maximum atomic E-state index is 11.6. The number of nitrogens with two attached hydrogens (primary N) is 1. The molecule has 0 heterocycles. The van der Waals surface area contributed by atoms with Crippen LogP contribution in [0.3, 0.4) is 0 Å². The molecule has 0 aromatic heterocycles. The minimum Gasteiger partial charge on any atom is -0.506 e. The Morgan fingerprint density at radius 3 is 2.55 bits per heavy atom. The second-order valence-electron chi connectivity index (χ2n) is 5.78. The zero-order valence-corrected chi connectivity index (χ0v) is 13.1. The van der Waals surface area contributed by atoms with E-state index in [1.54, 1.807) is 13.0 Å². The average molecular weight is 300 g/mol. The van der Waals surface area contributed by atoms with E-state index in [-0.39, 0.29) is 29.2 Å². The number of carbonyl (C=O) groups excluding carboxylic acids is 1. The Labute approximate surface area is 124 Å². The number of carbonyl (C=O) groups is 1. The smallest absolute Gasteiger partial charge is 0.323 e. The Kier molecular flexibility index (Phi) is 5.42. The molecule has 1 atom stereocenters. The van der Waals surface area contributed by atoms with Gasteiger partial charge in [0.25, 0.3) is 0 Å². The Morgan fingerprint density at radius 2 is 2.05 bits per heavy atom. The van der Waals surface area contributed by atoms with Crippen molar-refractivity contribution in [3.8, 4) is 5.75 Å². The molecular weight excluding hydrogens is 278 g/mol. The van der Waals surface area contributed by atoms with Crippen LogP contribution in [0.1, 0.15) is 38.8 Å². The van der Waals surface area contributed by atoms with Crippen LogP contribution in [0.4, 0.5) is 0 Å². The number of benzene rings is 1. The van der Waals surface area contributed by atoms with Crippen LogP contribution in [-0.4, -0.2) is 23.7 Å². The third-order valence-corrected chi connectivity index (χ3v) is 3.33. The molecule has 0 aliphatic carbocycles. The summed E-state index contributed by atoms with van der Waals surface area (Å²) in [5.41, 5.74) is 7.21. The van der Waals surface area contributed by atoms with Crippen LogP contribution in [0.15, 0.2) is 12.1 Å². The molecule has 4 nitrogen and oxygen atoms in total. The van der Waals surface area contributed by atoms with E-state index >= 15 is 0 Å². The summed E-state index contributed by atoms with van der Waals surface area (Å²) in [5.74, 6) is -0.511. The van der Waals surface area contributed by atoms with Gasteiger partial charge in [0, 0.05) is 6.42 Å². The first-order valence-corrected chi connectivity index (χ1v) is 6.98. The van der Waals surface area contributed by atoms with E-state index in [0.717, 1.165) is 5.56 Å². The predicted octanol–water partition coefficient (Wildman–Crippen LogP) is 2.78. The third-order valence-electron chi connectivity index (χ3n) is 3.04. The number of phenolic OH excluding ortho intramolecular Hbond substituents is 1. The van der Waals surface area contributed by atoms with Crippen LogP contribution in [0, 0.1) is 0 Å². The van der Waals surface area contributed by atoms with Gasteiger partial charge in [-0.15, -0.1) is 0 Å². The molecule has 0 saturated heterocycles.